The molecule has 0 spiro atoms. The maximum Gasteiger partial charge on any atom is 0.336 e. The second-order valence-corrected chi connectivity index (χ2v) is 15.0. The minimum atomic E-state index is -0.697. The van der Waals surface area contributed by atoms with Crippen molar-refractivity contribution in [3.8, 4) is 0 Å². The maximum absolute atomic E-state index is 14.1. The van der Waals surface area contributed by atoms with Gasteiger partial charge in [0.2, 0.25) is 0 Å². The number of esters is 2. The number of hydrogen-bond acceptors (Lipinski definition) is 9. The number of carbonyl (C=O) groups excluding carboxylic acids is 2. The van der Waals surface area contributed by atoms with E-state index in [2.05, 4.69) is 27.2 Å². The molecule has 2 fully saturated rings. The van der Waals surface area contributed by atoms with Crippen LogP contribution in [0, 0.1) is 11.8 Å². The van der Waals surface area contributed by atoms with Crippen molar-refractivity contribution in [2.45, 2.75) is 57.5 Å². The number of aromatic nitrogens is 2. The zero-order chi connectivity index (χ0) is 35.9. The Bertz CT molecular complexity index is 1920. The lowest BCUT2D eigenvalue weighted by Gasteiger charge is -2.45. The molecule has 5 aliphatic rings. The Balaban J connectivity index is 1.18. The van der Waals surface area contributed by atoms with Crippen LogP contribution in [-0.4, -0.2) is 83.4 Å². The lowest BCUT2D eigenvalue weighted by Crippen LogP contribution is -2.50. The number of pyridine rings is 2. The van der Waals surface area contributed by atoms with E-state index in [1.54, 1.807) is 26.0 Å². The SMILES string of the molecule is CCOC(=O)C1=C(CN2CC3CC(C2)c2cccc(=O)n2C3)NC(CN2CC3CC(C2)c2cccc(=O)n2C3)=C(C(=O)OCC)C1c1ccccc1. The van der Waals surface area contributed by atoms with Crippen LogP contribution in [0.3, 0.4) is 0 Å². The first kappa shape index (κ1) is 34.4. The molecule has 0 aliphatic carbocycles. The zero-order valence-electron chi connectivity index (χ0n) is 30.0. The van der Waals surface area contributed by atoms with E-state index in [1.807, 2.05) is 51.6 Å². The quantitative estimate of drug-likeness (QED) is 0.334. The molecule has 5 aliphatic heterocycles. The van der Waals surface area contributed by atoms with Gasteiger partial charge in [-0.2, -0.15) is 0 Å². The highest BCUT2D eigenvalue weighted by Crippen LogP contribution is 2.42. The number of nitrogens with zero attached hydrogens (tertiary/aromatic N) is 4. The second-order valence-electron chi connectivity index (χ2n) is 15.0. The van der Waals surface area contributed by atoms with Crippen LogP contribution in [0.4, 0.5) is 0 Å². The summed E-state index contributed by atoms with van der Waals surface area (Å²) in [5, 5.41) is 3.68. The summed E-state index contributed by atoms with van der Waals surface area (Å²) in [4.78, 5) is 58.5. The third-order valence-electron chi connectivity index (χ3n) is 11.5. The van der Waals surface area contributed by atoms with Crippen molar-refractivity contribution in [2.75, 3.05) is 52.5 Å². The number of rotatable bonds is 9. The third-order valence-corrected chi connectivity index (χ3v) is 11.5. The molecule has 272 valence electrons. The van der Waals surface area contributed by atoms with E-state index in [9.17, 15) is 19.2 Å². The largest absolute Gasteiger partial charge is 0.463 e. The molecule has 0 saturated carbocycles. The summed E-state index contributed by atoms with van der Waals surface area (Å²) in [6, 6.07) is 20.8. The van der Waals surface area contributed by atoms with Crippen LogP contribution in [-0.2, 0) is 32.2 Å². The van der Waals surface area contributed by atoms with Crippen molar-refractivity contribution in [2.24, 2.45) is 11.8 Å². The minimum absolute atomic E-state index is 0.0475. The Kier molecular flexibility index (Phi) is 9.48. The minimum Gasteiger partial charge on any atom is -0.463 e. The van der Waals surface area contributed by atoms with E-state index >= 15 is 0 Å². The number of nitrogens with one attached hydrogen (secondary N) is 1. The first-order chi connectivity index (χ1) is 25.3. The first-order valence-corrected chi connectivity index (χ1v) is 18.8. The topological polar surface area (TPSA) is 115 Å². The number of piperidine rings is 2. The van der Waals surface area contributed by atoms with Gasteiger partial charge in [-0.15, -0.1) is 0 Å². The van der Waals surface area contributed by atoms with Gasteiger partial charge in [0.05, 0.1) is 30.3 Å². The van der Waals surface area contributed by atoms with E-state index in [1.165, 1.54) is 0 Å². The molecular weight excluding hydrogens is 658 g/mol. The molecule has 1 aromatic carbocycles. The van der Waals surface area contributed by atoms with Gasteiger partial charge in [0.25, 0.3) is 11.1 Å². The molecule has 4 unspecified atom stereocenters. The Morgan fingerprint density at radius 2 is 1.12 bits per heavy atom. The predicted octanol–water partition coefficient (Wildman–Crippen LogP) is 3.57. The van der Waals surface area contributed by atoms with Gasteiger partial charge in [0.15, 0.2) is 0 Å². The lowest BCUT2D eigenvalue weighted by molar-refractivity contribution is -0.139. The highest BCUT2D eigenvalue weighted by molar-refractivity contribution is 6.00. The van der Waals surface area contributed by atoms with Crippen LogP contribution in [0.5, 0.6) is 0 Å². The summed E-state index contributed by atoms with van der Waals surface area (Å²) >= 11 is 0. The van der Waals surface area contributed by atoms with Crippen LogP contribution >= 0.6 is 0 Å². The smallest absolute Gasteiger partial charge is 0.336 e. The van der Waals surface area contributed by atoms with Crippen molar-refractivity contribution in [1.82, 2.24) is 24.3 Å². The highest BCUT2D eigenvalue weighted by Gasteiger charge is 2.43. The van der Waals surface area contributed by atoms with Crippen molar-refractivity contribution < 1.29 is 19.1 Å². The van der Waals surface area contributed by atoms with Crippen molar-refractivity contribution in [1.29, 1.82) is 0 Å². The summed E-state index contributed by atoms with van der Waals surface area (Å²) in [5.74, 6) is -0.589. The van der Waals surface area contributed by atoms with Crippen molar-refractivity contribution >= 4 is 11.9 Å². The van der Waals surface area contributed by atoms with E-state index < -0.39 is 17.9 Å². The molecule has 2 saturated heterocycles. The summed E-state index contributed by atoms with van der Waals surface area (Å²) in [6.45, 7) is 9.32. The normalized spacial score (nSPS) is 25.5. The lowest BCUT2D eigenvalue weighted by atomic mass is 9.79. The molecule has 7 heterocycles. The summed E-state index contributed by atoms with van der Waals surface area (Å²) in [5.41, 5.74) is 5.36. The Morgan fingerprint density at radius 3 is 1.58 bits per heavy atom. The molecular formula is C41H47N5O6. The number of hydrogen-bond donors (Lipinski definition) is 1. The van der Waals surface area contributed by atoms with E-state index in [4.69, 9.17) is 9.47 Å². The molecule has 11 heteroatoms. The van der Waals surface area contributed by atoms with Gasteiger partial charge in [-0.3, -0.25) is 19.4 Å². The average Bonchev–Trinajstić information content (AvgIpc) is 3.13. The van der Waals surface area contributed by atoms with Gasteiger partial charge < -0.3 is 23.9 Å². The first-order valence-electron chi connectivity index (χ1n) is 18.8. The fourth-order valence-corrected chi connectivity index (χ4v) is 9.63. The summed E-state index contributed by atoms with van der Waals surface area (Å²) < 4.78 is 15.4. The van der Waals surface area contributed by atoms with E-state index in [0.717, 1.165) is 67.4 Å². The van der Waals surface area contributed by atoms with Crippen LogP contribution in [0.2, 0.25) is 0 Å². The molecule has 4 bridgehead atoms. The zero-order valence-corrected chi connectivity index (χ0v) is 30.0. The van der Waals surface area contributed by atoms with Gasteiger partial charge in [-0.1, -0.05) is 42.5 Å². The number of dihydropyridines is 1. The predicted molar refractivity (Wildman–Crippen MR) is 196 cm³/mol. The summed E-state index contributed by atoms with van der Waals surface area (Å²) in [6.07, 6.45) is 2.04. The van der Waals surface area contributed by atoms with Crippen LogP contribution < -0.4 is 16.4 Å². The summed E-state index contributed by atoms with van der Waals surface area (Å²) in [7, 11) is 0. The molecule has 0 amide bonds. The fraction of sp³-hybridized carbons (Fsp3) is 0.463. The van der Waals surface area contributed by atoms with Crippen LogP contribution in [0.1, 0.15) is 61.4 Å². The van der Waals surface area contributed by atoms with Crippen molar-refractivity contribution in [3.05, 3.63) is 127 Å². The molecule has 2 aromatic heterocycles. The number of benzene rings is 1. The van der Waals surface area contributed by atoms with Gasteiger partial charge in [0.1, 0.15) is 0 Å². The monoisotopic (exact) mass is 705 g/mol. The molecule has 1 N–H and O–H groups in total. The molecule has 11 nitrogen and oxygen atoms in total. The molecule has 8 rings (SSSR count). The molecule has 4 atom stereocenters. The van der Waals surface area contributed by atoms with Crippen LogP contribution in [0.25, 0.3) is 0 Å². The third kappa shape index (κ3) is 6.45. The van der Waals surface area contributed by atoms with Gasteiger partial charge in [-0.05, 0) is 56.2 Å². The number of fused-ring (bicyclic) bond motifs is 8. The maximum atomic E-state index is 14.1. The van der Waals surface area contributed by atoms with E-state index in [-0.39, 0.29) is 36.2 Å². The Labute approximate surface area is 303 Å². The Morgan fingerprint density at radius 1 is 0.635 bits per heavy atom. The number of ether oxygens (including phenoxy) is 2. The molecule has 3 aromatic rings. The average molecular weight is 706 g/mol. The molecule has 52 heavy (non-hydrogen) atoms. The van der Waals surface area contributed by atoms with Gasteiger partial charge in [-0.25, -0.2) is 9.59 Å². The Hall–Kier alpha value is -4.74. The van der Waals surface area contributed by atoms with Gasteiger partial charge >= 0.3 is 11.9 Å². The fourth-order valence-electron chi connectivity index (χ4n) is 9.63. The standard InChI is InChI=1S/C41H47N5O6/c1-3-51-40(49)38-31(24-43-18-26-16-29(22-43)33-12-8-14-35(47)45(33)20-26)42-32(39(41(50)52-4-2)37(38)28-10-6-5-7-11-28)25-44-19-27-17-30(23-44)34-13-9-15-36(48)46(34)21-27/h5-15,26-27,29-30,37,42H,3-4,16-25H2,1-2H3. The van der Waals surface area contributed by atoms with Crippen LogP contribution in [0.15, 0.2) is 98.9 Å². The highest BCUT2D eigenvalue weighted by atomic mass is 16.5. The number of likely N-dealkylation sites (tertiary alicyclic amines) is 2. The molecule has 0 radical (unpaired) electrons. The number of carbonyl (C=O) groups is 2. The van der Waals surface area contributed by atoms with Gasteiger partial charge in [0, 0.05) is 99.1 Å². The van der Waals surface area contributed by atoms with Crippen molar-refractivity contribution in [3.63, 3.8) is 0 Å². The van der Waals surface area contributed by atoms with E-state index in [0.29, 0.717) is 49.2 Å². The second kappa shape index (κ2) is 14.4.